The van der Waals surface area contributed by atoms with E-state index in [9.17, 15) is 9.59 Å². The van der Waals surface area contributed by atoms with Crippen molar-refractivity contribution >= 4 is 17.7 Å². The summed E-state index contributed by atoms with van der Waals surface area (Å²) in [5.74, 6) is 0.204. The van der Waals surface area contributed by atoms with Crippen molar-refractivity contribution in [1.29, 1.82) is 0 Å². The summed E-state index contributed by atoms with van der Waals surface area (Å²) in [6.07, 6.45) is 0.765. The lowest BCUT2D eigenvalue weighted by atomic mass is 10.1. The van der Waals surface area contributed by atoms with Crippen LogP contribution < -0.4 is 11.4 Å². The minimum absolute atomic E-state index is 0.206. The lowest BCUT2D eigenvalue weighted by Gasteiger charge is -2.06. The Morgan fingerprint density at radius 2 is 1.80 bits per heavy atom. The second-order valence-electron chi connectivity index (χ2n) is 5.55. The van der Waals surface area contributed by atoms with E-state index in [2.05, 4.69) is 10.2 Å². The number of hydrogen-bond donors (Lipinski definition) is 2. The van der Waals surface area contributed by atoms with Gasteiger partial charge in [-0.2, -0.15) is 0 Å². The lowest BCUT2D eigenvalue weighted by molar-refractivity contribution is 0.100. The Labute approximate surface area is 149 Å². The van der Waals surface area contributed by atoms with Gasteiger partial charge in [-0.15, -0.1) is 5.10 Å². The standard InChI is InChI=1S/C18H18N4O2S/c19-16(23)15-8-6-14(7-9-15)12-25-18-21-20-17(24)22(18)11-10-13-4-2-1-3-5-13/h1-9H,10-12H2,(H2,19,23)(H,20,24). The molecule has 0 fully saturated rings. The molecule has 0 bridgehead atoms. The van der Waals surface area contributed by atoms with E-state index in [4.69, 9.17) is 5.73 Å². The third-order valence-corrected chi connectivity index (χ3v) is 4.84. The highest BCUT2D eigenvalue weighted by atomic mass is 32.2. The number of rotatable bonds is 7. The summed E-state index contributed by atoms with van der Waals surface area (Å²) in [6.45, 7) is 0.572. The minimum Gasteiger partial charge on any atom is -0.366 e. The largest absolute Gasteiger partial charge is 0.366 e. The van der Waals surface area contributed by atoms with E-state index >= 15 is 0 Å². The van der Waals surface area contributed by atoms with Crippen LogP contribution in [0, 0.1) is 0 Å². The molecule has 0 saturated heterocycles. The minimum atomic E-state index is -0.443. The van der Waals surface area contributed by atoms with Crippen LogP contribution in [0.2, 0.25) is 0 Å². The van der Waals surface area contributed by atoms with Gasteiger partial charge in [-0.1, -0.05) is 54.2 Å². The van der Waals surface area contributed by atoms with Crippen LogP contribution in [0.3, 0.4) is 0 Å². The van der Waals surface area contributed by atoms with E-state index in [1.165, 1.54) is 17.3 Å². The molecule has 1 aromatic heterocycles. The average Bonchev–Trinajstić information content (AvgIpc) is 2.99. The van der Waals surface area contributed by atoms with Crippen molar-refractivity contribution in [3.05, 3.63) is 81.8 Å². The van der Waals surface area contributed by atoms with Crippen molar-refractivity contribution in [1.82, 2.24) is 14.8 Å². The summed E-state index contributed by atoms with van der Waals surface area (Å²) >= 11 is 1.47. The van der Waals surface area contributed by atoms with Gasteiger partial charge in [-0.05, 0) is 29.7 Å². The number of hydrogen-bond acceptors (Lipinski definition) is 4. The third kappa shape index (κ3) is 4.39. The second kappa shape index (κ2) is 7.85. The van der Waals surface area contributed by atoms with Gasteiger partial charge in [-0.25, -0.2) is 9.89 Å². The maximum Gasteiger partial charge on any atom is 0.343 e. The highest BCUT2D eigenvalue weighted by Crippen LogP contribution is 2.20. The Morgan fingerprint density at radius 3 is 2.48 bits per heavy atom. The van der Waals surface area contributed by atoms with E-state index in [0.29, 0.717) is 23.0 Å². The van der Waals surface area contributed by atoms with E-state index in [0.717, 1.165) is 12.0 Å². The molecule has 128 valence electrons. The van der Waals surface area contributed by atoms with Gasteiger partial charge in [0.2, 0.25) is 5.91 Å². The van der Waals surface area contributed by atoms with Crippen LogP contribution in [0.4, 0.5) is 0 Å². The molecule has 0 aliphatic carbocycles. The number of aryl methyl sites for hydroxylation is 1. The van der Waals surface area contributed by atoms with Gasteiger partial charge in [-0.3, -0.25) is 9.36 Å². The molecule has 0 aliphatic rings. The molecule has 3 aromatic rings. The van der Waals surface area contributed by atoms with E-state index in [-0.39, 0.29) is 5.69 Å². The number of aromatic nitrogens is 3. The number of nitrogens with two attached hydrogens (primary N) is 1. The van der Waals surface area contributed by atoms with Crippen molar-refractivity contribution in [3.63, 3.8) is 0 Å². The summed E-state index contributed by atoms with van der Waals surface area (Å²) in [5.41, 5.74) is 7.71. The van der Waals surface area contributed by atoms with Gasteiger partial charge in [0.05, 0.1) is 0 Å². The zero-order valence-corrected chi connectivity index (χ0v) is 14.3. The SMILES string of the molecule is NC(=O)c1ccc(CSc2n[nH]c(=O)n2CCc2ccccc2)cc1. The molecule has 3 N–H and O–H groups in total. The first-order valence-corrected chi connectivity index (χ1v) is 8.83. The van der Waals surface area contributed by atoms with Gasteiger partial charge < -0.3 is 5.73 Å². The predicted molar refractivity (Wildman–Crippen MR) is 97.5 cm³/mol. The topological polar surface area (TPSA) is 93.8 Å². The van der Waals surface area contributed by atoms with Crippen LogP contribution in [-0.4, -0.2) is 20.7 Å². The normalized spacial score (nSPS) is 10.7. The van der Waals surface area contributed by atoms with Crippen molar-refractivity contribution in [2.24, 2.45) is 5.73 Å². The Balaban J connectivity index is 1.65. The van der Waals surface area contributed by atoms with E-state index < -0.39 is 5.91 Å². The second-order valence-corrected chi connectivity index (χ2v) is 6.49. The molecular formula is C18H18N4O2S. The highest BCUT2D eigenvalue weighted by Gasteiger charge is 2.09. The first-order chi connectivity index (χ1) is 12.1. The zero-order chi connectivity index (χ0) is 17.6. The van der Waals surface area contributed by atoms with Gasteiger partial charge in [0, 0.05) is 17.9 Å². The predicted octanol–water partition coefficient (Wildman–Crippen LogP) is 2.21. The Hall–Kier alpha value is -2.80. The number of carbonyl (C=O) groups is 1. The molecule has 0 radical (unpaired) electrons. The maximum absolute atomic E-state index is 12.0. The summed E-state index contributed by atoms with van der Waals surface area (Å²) in [5, 5.41) is 7.27. The number of thioether (sulfide) groups is 1. The van der Waals surface area contributed by atoms with Gasteiger partial charge in [0.25, 0.3) is 0 Å². The fourth-order valence-corrected chi connectivity index (χ4v) is 3.34. The van der Waals surface area contributed by atoms with Crippen LogP contribution in [0.5, 0.6) is 0 Å². The van der Waals surface area contributed by atoms with Crippen LogP contribution in [0.1, 0.15) is 21.5 Å². The van der Waals surface area contributed by atoms with Crippen molar-refractivity contribution in [2.75, 3.05) is 0 Å². The summed E-state index contributed by atoms with van der Waals surface area (Å²) in [7, 11) is 0. The first-order valence-electron chi connectivity index (χ1n) is 7.84. The van der Waals surface area contributed by atoms with Crippen LogP contribution in [-0.2, 0) is 18.7 Å². The summed E-state index contributed by atoms with van der Waals surface area (Å²) in [4.78, 5) is 23.1. The van der Waals surface area contributed by atoms with Crippen molar-refractivity contribution < 1.29 is 4.79 Å². The van der Waals surface area contributed by atoms with Gasteiger partial charge >= 0.3 is 5.69 Å². The smallest absolute Gasteiger partial charge is 0.343 e. The number of carbonyl (C=O) groups excluding carboxylic acids is 1. The molecule has 1 heterocycles. The van der Waals surface area contributed by atoms with Crippen LogP contribution >= 0.6 is 11.8 Å². The average molecular weight is 354 g/mol. The van der Waals surface area contributed by atoms with Crippen LogP contribution in [0.25, 0.3) is 0 Å². The Morgan fingerprint density at radius 1 is 1.08 bits per heavy atom. The molecule has 7 heteroatoms. The molecule has 2 aromatic carbocycles. The molecule has 25 heavy (non-hydrogen) atoms. The van der Waals surface area contributed by atoms with Gasteiger partial charge in [0.1, 0.15) is 0 Å². The van der Waals surface area contributed by atoms with Gasteiger partial charge in [0.15, 0.2) is 5.16 Å². The molecule has 0 unspecified atom stereocenters. The molecule has 1 amide bonds. The number of nitrogens with zero attached hydrogens (tertiary/aromatic N) is 2. The quantitative estimate of drug-likeness (QED) is 0.636. The molecule has 0 atom stereocenters. The molecule has 3 rings (SSSR count). The third-order valence-electron chi connectivity index (χ3n) is 3.80. The molecule has 6 nitrogen and oxygen atoms in total. The van der Waals surface area contributed by atoms with E-state index in [1.807, 2.05) is 42.5 Å². The number of benzene rings is 2. The summed E-state index contributed by atoms with van der Waals surface area (Å²) in [6, 6.07) is 17.1. The Kier molecular flexibility index (Phi) is 5.35. The zero-order valence-electron chi connectivity index (χ0n) is 13.5. The van der Waals surface area contributed by atoms with Crippen molar-refractivity contribution in [3.8, 4) is 0 Å². The molecule has 0 saturated carbocycles. The number of aromatic amines is 1. The monoisotopic (exact) mass is 354 g/mol. The highest BCUT2D eigenvalue weighted by molar-refractivity contribution is 7.98. The number of nitrogens with one attached hydrogen (secondary N) is 1. The number of amides is 1. The first kappa shape index (κ1) is 17.0. The molecular weight excluding hydrogens is 336 g/mol. The molecule has 0 aliphatic heterocycles. The van der Waals surface area contributed by atoms with Crippen molar-refractivity contribution in [2.45, 2.75) is 23.9 Å². The summed E-state index contributed by atoms with van der Waals surface area (Å²) < 4.78 is 1.65. The maximum atomic E-state index is 12.0. The van der Waals surface area contributed by atoms with E-state index in [1.54, 1.807) is 16.7 Å². The molecule has 0 spiro atoms. The fourth-order valence-electron chi connectivity index (χ4n) is 2.41. The fraction of sp³-hybridized carbons (Fsp3) is 0.167. The Bertz CT molecular complexity index is 901. The van der Waals surface area contributed by atoms with Crippen LogP contribution in [0.15, 0.2) is 64.5 Å². The lowest BCUT2D eigenvalue weighted by Crippen LogP contribution is -2.18. The number of primary amides is 1. The number of H-pyrrole nitrogens is 1.